The van der Waals surface area contributed by atoms with Crippen LogP contribution < -0.4 is 5.48 Å². The lowest BCUT2D eigenvalue weighted by Gasteiger charge is -2.19. The molecule has 2 aromatic rings. The summed E-state index contributed by atoms with van der Waals surface area (Å²) in [4.78, 5) is 5.51. The van der Waals surface area contributed by atoms with Gasteiger partial charge in [0.1, 0.15) is 11.3 Å². The zero-order valence-corrected chi connectivity index (χ0v) is 10.8. The Balaban J connectivity index is 2.15. The molecule has 0 unspecified atom stereocenters. The summed E-state index contributed by atoms with van der Waals surface area (Å²) in [6.45, 7) is 8.68. The number of aryl methyl sites for hydroxylation is 1. The number of fused-ring (bicyclic) bond motifs is 1. The summed E-state index contributed by atoms with van der Waals surface area (Å²) >= 11 is 0. The van der Waals surface area contributed by atoms with Crippen LogP contribution in [-0.4, -0.2) is 5.60 Å². The highest BCUT2D eigenvalue weighted by Crippen LogP contribution is 2.25. The van der Waals surface area contributed by atoms with E-state index in [1.807, 2.05) is 45.9 Å². The molecule has 0 spiro atoms. The van der Waals surface area contributed by atoms with Crippen LogP contribution in [-0.2, 0) is 11.4 Å². The molecule has 17 heavy (non-hydrogen) atoms. The number of furan rings is 1. The maximum Gasteiger partial charge on any atom is 0.134 e. The first kappa shape index (κ1) is 12.1. The number of hydroxylamine groups is 1. The lowest BCUT2D eigenvalue weighted by molar-refractivity contribution is -0.0757. The fourth-order valence-electron chi connectivity index (χ4n) is 1.77. The zero-order chi connectivity index (χ0) is 12.5. The first-order valence-electron chi connectivity index (χ1n) is 5.85. The fourth-order valence-corrected chi connectivity index (χ4v) is 1.77. The minimum Gasteiger partial charge on any atom is -0.461 e. The maximum absolute atomic E-state index is 5.69. The van der Waals surface area contributed by atoms with E-state index in [0.29, 0.717) is 6.54 Å². The highest BCUT2D eigenvalue weighted by molar-refractivity contribution is 5.82. The molecule has 0 saturated heterocycles. The average molecular weight is 233 g/mol. The van der Waals surface area contributed by atoms with Crippen molar-refractivity contribution in [3.05, 3.63) is 35.6 Å². The average Bonchev–Trinajstić information content (AvgIpc) is 2.54. The van der Waals surface area contributed by atoms with E-state index < -0.39 is 0 Å². The van der Waals surface area contributed by atoms with E-state index >= 15 is 0 Å². The van der Waals surface area contributed by atoms with Crippen molar-refractivity contribution < 1.29 is 9.25 Å². The number of nitrogens with one attached hydrogen (secondary N) is 1. The van der Waals surface area contributed by atoms with E-state index in [4.69, 9.17) is 9.25 Å². The second-order valence-corrected chi connectivity index (χ2v) is 5.17. The smallest absolute Gasteiger partial charge is 0.134 e. The standard InChI is InChI=1S/C14H19NO2/c1-10-12(9-15-17-14(2,3)4)11-7-5-6-8-13(11)16-10/h5-8,15H,9H2,1-4H3. The molecule has 0 fully saturated rings. The number of hydrogen-bond donors (Lipinski definition) is 1. The van der Waals surface area contributed by atoms with Crippen molar-refractivity contribution in [3.8, 4) is 0 Å². The number of rotatable bonds is 3. The molecule has 1 N–H and O–H groups in total. The van der Waals surface area contributed by atoms with Gasteiger partial charge in [-0.3, -0.25) is 4.84 Å². The molecule has 3 nitrogen and oxygen atoms in total. The van der Waals surface area contributed by atoms with Gasteiger partial charge in [0.05, 0.1) is 12.1 Å². The van der Waals surface area contributed by atoms with Gasteiger partial charge < -0.3 is 4.42 Å². The van der Waals surface area contributed by atoms with Crippen molar-refractivity contribution >= 4 is 11.0 Å². The monoisotopic (exact) mass is 233 g/mol. The van der Waals surface area contributed by atoms with Crippen LogP contribution in [0.4, 0.5) is 0 Å². The summed E-state index contributed by atoms with van der Waals surface area (Å²) in [5, 5.41) is 1.15. The molecular weight excluding hydrogens is 214 g/mol. The van der Waals surface area contributed by atoms with Gasteiger partial charge >= 0.3 is 0 Å². The van der Waals surface area contributed by atoms with Gasteiger partial charge in [0.15, 0.2) is 0 Å². The summed E-state index contributed by atoms with van der Waals surface area (Å²) in [7, 11) is 0. The zero-order valence-electron chi connectivity index (χ0n) is 10.8. The molecule has 2 rings (SSSR count). The first-order valence-corrected chi connectivity index (χ1v) is 5.85. The van der Waals surface area contributed by atoms with E-state index in [1.54, 1.807) is 0 Å². The highest BCUT2D eigenvalue weighted by atomic mass is 16.7. The molecule has 0 bridgehead atoms. The van der Waals surface area contributed by atoms with E-state index in [9.17, 15) is 0 Å². The van der Waals surface area contributed by atoms with Gasteiger partial charge in [0.25, 0.3) is 0 Å². The molecule has 0 aliphatic carbocycles. The molecule has 1 aromatic carbocycles. The lowest BCUT2D eigenvalue weighted by atomic mass is 10.1. The molecule has 0 aliphatic rings. The van der Waals surface area contributed by atoms with Gasteiger partial charge in [0, 0.05) is 10.9 Å². The van der Waals surface area contributed by atoms with Gasteiger partial charge in [-0.1, -0.05) is 18.2 Å². The third-order valence-corrected chi connectivity index (χ3v) is 2.53. The minimum atomic E-state index is -0.187. The van der Waals surface area contributed by atoms with Crippen LogP contribution in [0.1, 0.15) is 32.1 Å². The molecule has 92 valence electrons. The van der Waals surface area contributed by atoms with Gasteiger partial charge in [-0.05, 0) is 33.8 Å². The van der Waals surface area contributed by atoms with Gasteiger partial charge in [0.2, 0.25) is 0 Å². The third kappa shape index (κ3) is 2.87. The van der Waals surface area contributed by atoms with Crippen molar-refractivity contribution in [2.75, 3.05) is 0 Å². The van der Waals surface area contributed by atoms with Crippen LogP contribution in [0.3, 0.4) is 0 Å². The Morgan fingerprint density at radius 2 is 1.94 bits per heavy atom. The van der Waals surface area contributed by atoms with Crippen LogP contribution in [0.2, 0.25) is 0 Å². The Kier molecular flexibility index (Phi) is 3.22. The second kappa shape index (κ2) is 4.51. The van der Waals surface area contributed by atoms with E-state index in [0.717, 1.165) is 22.3 Å². The molecule has 0 saturated carbocycles. The Labute approximate surface area is 102 Å². The molecule has 1 heterocycles. The normalized spacial score (nSPS) is 12.2. The van der Waals surface area contributed by atoms with Crippen LogP contribution >= 0.6 is 0 Å². The van der Waals surface area contributed by atoms with Crippen LogP contribution in [0, 0.1) is 6.92 Å². The summed E-state index contributed by atoms with van der Waals surface area (Å²) in [5.41, 5.74) is 4.90. The Bertz CT molecular complexity index is 508. The van der Waals surface area contributed by atoms with Crippen molar-refractivity contribution in [1.82, 2.24) is 5.48 Å². The minimum absolute atomic E-state index is 0.187. The fraction of sp³-hybridized carbons (Fsp3) is 0.429. The van der Waals surface area contributed by atoms with Crippen LogP contribution in [0.25, 0.3) is 11.0 Å². The predicted octanol–water partition coefficient (Wildman–Crippen LogP) is 3.56. The molecule has 1 aromatic heterocycles. The molecule has 0 amide bonds. The number of hydrogen-bond acceptors (Lipinski definition) is 3. The Hall–Kier alpha value is -1.32. The maximum atomic E-state index is 5.69. The van der Waals surface area contributed by atoms with Gasteiger partial charge in [-0.2, -0.15) is 5.48 Å². The summed E-state index contributed by atoms with van der Waals surface area (Å²) < 4.78 is 5.69. The number of para-hydroxylation sites is 1. The van der Waals surface area contributed by atoms with E-state index in [-0.39, 0.29) is 5.60 Å². The molecule has 0 radical (unpaired) electrons. The van der Waals surface area contributed by atoms with E-state index in [2.05, 4.69) is 11.5 Å². The molecular formula is C14H19NO2. The Morgan fingerprint density at radius 1 is 1.24 bits per heavy atom. The number of benzene rings is 1. The van der Waals surface area contributed by atoms with Gasteiger partial charge in [-0.15, -0.1) is 0 Å². The van der Waals surface area contributed by atoms with Crippen LogP contribution in [0.15, 0.2) is 28.7 Å². The Morgan fingerprint density at radius 3 is 2.65 bits per heavy atom. The quantitative estimate of drug-likeness (QED) is 0.823. The second-order valence-electron chi connectivity index (χ2n) is 5.17. The summed E-state index contributed by atoms with van der Waals surface area (Å²) in [6.07, 6.45) is 0. The van der Waals surface area contributed by atoms with Crippen molar-refractivity contribution in [2.24, 2.45) is 0 Å². The van der Waals surface area contributed by atoms with E-state index in [1.165, 1.54) is 0 Å². The molecule has 0 atom stereocenters. The lowest BCUT2D eigenvalue weighted by Crippen LogP contribution is -2.28. The largest absolute Gasteiger partial charge is 0.461 e. The molecule has 3 heteroatoms. The first-order chi connectivity index (χ1) is 7.97. The predicted molar refractivity (Wildman–Crippen MR) is 68.6 cm³/mol. The highest BCUT2D eigenvalue weighted by Gasteiger charge is 2.13. The third-order valence-electron chi connectivity index (χ3n) is 2.53. The van der Waals surface area contributed by atoms with Crippen molar-refractivity contribution in [1.29, 1.82) is 0 Å². The van der Waals surface area contributed by atoms with Gasteiger partial charge in [-0.25, -0.2) is 0 Å². The van der Waals surface area contributed by atoms with Crippen molar-refractivity contribution in [2.45, 2.75) is 39.8 Å². The molecule has 0 aliphatic heterocycles. The summed E-state index contributed by atoms with van der Waals surface area (Å²) in [6, 6.07) is 8.05. The SMILES string of the molecule is Cc1oc2ccccc2c1CNOC(C)(C)C. The van der Waals surface area contributed by atoms with Crippen molar-refractivity contribution in [3.63, 3.8) is 0 Å². The summed E-state index contributed by atoms with van der Waals surface area (Å²) in [5.74, 6) is 0.941. The topological polar surface area (TPSA) is 34.4 Å². The van der Waals surface area contributed by atoms with Crippen LogP contribution in [0.5, 0.6) is 0 Å².